The molecule has 2 aromatic carbocycles. The Hall–Kier alpha value is -2.57. The van der Waals surface area contributed by atoms with E-state index < -0.39 is 6.10 Å². The second-order valence-electron chi connectivity index (χ2n) is 6.58. The van der Waals surface area contributed by atoms with Gasteiger partial charge in [-0.15, -0.1) is 0 Å². The molecule has 0 bridgehead atoms. The van der Waals surface area contributed by atoms with E-state index in [0.717, 1.165) is 12.1 Å². The Labute approximate surface area is 163 Å². The Bertz CT molecular complexity index is 848. The molecule has 0 aromatic heterocycles. The van der Waals surface area contributed by atoms with Crippen LogP contribution in [0.5, 0.6) is 0 Å². The molecule has 0 aliphatic carbocycles. The number of nitrogens with zero attached hydrogens (tertiary/aromatic N) is 1. The van der Waals surface area contributed by atoms with Crippen LogP contribution in [0, 0.1) is 0 Å². The van der Waals surface area contributed by atoms with E-state index in [2.05, 4.69) is 10.6 Å². The van der Waals surface area contributed by atoms with E-state index in [1.54, 1.807) is 36.4 Å². The van der Waals surface area contributed by atoms with Crippen molar-refractivity contribution < 1.29 is 14.3 Å². The summed E-state index contributed by atoms with van der Waals surface area (Å²) >= 11 is 6.07. The highest BCUT2D eigenvalue weighted by atomic mass is 35.5. The first-order chi connectivity index (χ1) is 12.9. The van der Waals surface area contributed by atoms with E-state index in [4.69, 9.17) is 16.3 Å². The zero-order valence-electron chi connectivity index (χ0n) is 15.3. The van der Waals surface area contributed by atoms with Crippen molar-refractivity contribution in [2.45, 2.75) is 18.9 Å². The van der Waals surface area contributed by atoms with Crippen LogP contribution in [0.1, 0.15) is 23.2 Å². The summed E-state index contributed by atoms with van der Waals surface area (Å²) in [6.07, 6.45) is 1.18. The van der Waals surface area contributed by atoms with Crippen LogP contribution < -0.4 is 15.5 Å². The molecular formula is C20H22ClN3O3. The van der Waals surface area contributed by atoms with Crippen molar-refractivity contribution in [2.75, 3.05) is 36.2 Å². The largest absolute Gasteiger partial charge is 0.376 e. The van der Waals surface area contributed by atoms with Gasteiger partial charge in [0.05, 0.1) is 11.4 Å². The number of ether oxygens (including phenoxy) is 1. The molecule has 142 valence electrons. The standard InChI is InChI=1S/C20H22ClN3O3/c1-24(2)17-9-8-14(21)12-16(17)23-19(25)13-5-3-6-15(11-13)22-20(26)18-7-4-10-27-18/h3,5-6,8-9,11-12,18H,4,7,10H2,1-2H3,(H,22,26)(H,23,25). The van der Waals surface area contributed by atoms with Gasteiger partial charge in [0.25, 0.3) is 11.8 Å². The van der Waals surface area contributed by atoms with Gasteiger partial charge in [0, 0.05) is 37.0 Å². The molecule has 6 nitrogen and oxygen atoms in total. The minimum Gasteiger partial charge on any atom is -0.376 e. The first-order valence-corrected chi connectivity index (χ1v) is 9.12. The Morgan fingerprint density at radius 3 is 2.67 bits per heavy atom. The number of nitrogens with one attached hydrogen (secondary N) is 2. The van der Waals surface area contributed by atoms with Crippen LogP contribution in [0.2, 0.25) is 5.02 Å². The summed E-state index contributed by atoms with van der Waals surface area (Å²) in [6.45, 7) is 0.606. The summed E-state index contributed by atoms with van der Waals surface area (Å²) in [5.41, 5.74) is 2.45. The summed E-state index contributed by atoms with van der Waals surface area (Å²) in [5, 5.41) is 6.23. The molecule has 1 atom stereocenters. The fourth-order valence-electron chi connectivity index (χ4n) is 2.94. The Morgan fingerprint density at radius 2 is 1.96 bits per heavy atom. The van der Waals surface area contributed by atoms with E-state index in [0.29, 0.717) is 35.0 Å². The first-order valence-electron chi connectivity index (χ1n) is 8.75. The third-order valence-electron chi connectivity index (χ3n) is 4.30. The Kier molecular flexibility index (Phi) is 5.98. The quantitative estimate of drug-likeness (QED) is 0.819. The van der Waals surface area contributed by atoms with Crippen molar-refractivity contribution in [3.63, 3.8) is 0 Å². The molecule has 1 unspecified atom stereocenters. The smallest absolute Gasteiger partial charge is 0.255 e. The molecule has 2 amide bonds. The molecule has 1 heterocycles. The molecule has 1 saturated heterocycles. The molecular weight excluding hydrogens is 366 g/mol. The predicted octanol–water partition coefficient (Wildman–Crippen LogP) is 3.78. The molecule has 2 N–H and O–H groups in total. The number of amides is 2. The van der Waals surface area contributed by atoms with E-state index in [-0.39, 0.29) is 11.8 Å². The number of hydrogen-bond donors (Lipinski definition) is 2. The highest BCUT2D eigenvalue weighted by molar-refractivity contribution is 6.31. The van der Waals surface area contributed by atoms with E-state index in [9.17, 15) is 9.59 Å². The molecule has 2 aromatic rings. The molecule has 3 rings (SSSR count). The lowest BCUT2D eigenvalue weighted by Crippen LogP contribution is -2.27. The molecule has 27 heavy (non-hydrogen) atoms. The SMILES string of the molecule is CN(C)c1ccc(Cl)cc1NC(=O)c1cccc(NC(=O)C2CCCO2)c1. The highest BCUT2D eigenvalue weighted by Gasteiger charge is 2.23. The zero-order chi connectivity index (χ0) is 19.4. The van der Waals surface area contributed by atoms with Crippen molar-refractivity contribution in [3.05, 3.63) is 53.1 Å². The van der Waals surface area contributed by atoms with Gasteiger partial charge >= 0.3 is 0 Å². The monoisotopic (exact) mass is 387 g/mol. The van der Waals surface area contributed by atoms with Crippen LogP contribution in [0.3, 0.4) is 0 Å². The zero-order valence-corrected chi connectivity index (χ0v) is 16.0. The van der Waals surface area contributed by atoms with Crippen molar-refractivity contribution in [1.82, 2.24) is 0 Å². The summed E-state index contributed by atoms with van der Waals surface area (Å²) in [4.78, 5) is 26.8. The average Bonchev–Trinajstić information content (AvgIpc) is 3.16. The molecule has 0 radical (unpaired) electrons. The molecule has 1 fully saturated rings. The number of carbonyl (C=O) groups excluding carboxylic acids is 2. The molecule has 0 spiro atoms. The van der Waals surface area contributed by atoms with Crippen LogP contribution in [-0.4, -0.2) is 38.6 Å². The Balaban J connectivity index is 1.74. The number of carbonyl (C=O) groups is 2. The third-order valence-corrected chi connectivity index (χ3v) is 4.54. The second-order valence-corrected chi connectivity index (χ2v) is 7.02. The molecule has 1 aliphatic rings. The van der Waals surface area contributed by atoms with Crippen LogP contribution >= 0.6 is 11.6 Å². The van der Waals surface area contributed by atoms with Gasteiger partial charge in [0.2, 0.25) is 0 Å². The maximum absolute atomic E-state index is 12.7. The van der Waals surface area contributed by atoms with Gasteiger partial charge in [-0.1, -0.05) is 17.7 Å². The summed E-state index contributed by atoms with van der Waals surface area (Å²) in [6, 6.07) is 12.1. The van der Waals surface area contributed by atoms with Crippen molar-refractivity contribution in [1.29, 1.82) is 0 Å². The predicted molar refractivity (Wildman–Crippen MR) is 108 cm³/mol. The average molecular weight is 388 g/mol. The fraction of sp³-hybridized carbons (Fsp3) is 0.300. The molecule has 0 saturated carbocycles. The van der Waals surface area contributed by atoms with Gasteiger partial charge < -0.3 is 20.3 Å². The maximum Gasteiger partial charge on any atom is 0.255 e. The van der Waals surface area contributed by atoms with Crippen LogP contribution in [0.15, 0.2) is 42.5 Å². The number of rotatable bonds is 5. The van der Waals surface area contributed by atoms with Crippen molar-refractivity contribution in [3.8, 4) is 0 Å². The van der Waals surface area contributed by atoms with E-state index in [1.807, 2.05) is 25.1 Å². The first kappa shape index (κ1) is 19.2. The Morgan fingerprint density at radius 1 is 1.15 bits per heavy atom. The third kappa shape index (κ3) is 4.78. The number of benzene rings is 2. The normalized spacial score (nSPS) is 16.0. The van der Waals surface area contributed by atoms with Crippen LogP contribution in [0.25, 0.3) is 0 Å². The van der Waals surface area contributed by atoms with Crippen molar-refractivity contribution >= 4 is 40.5 Å². The van der Waals surface area contributed by atoms with Gasteiger partial charge in [-0.05, 0) is 49.2 Å². The summed E-state index contributed by atoms with van der Waals surface area (Å²) in [7, 11) is 3.78. The van der Waals surface area contributed by atoms with E-state index in [1.165, 1.54) is 0 Å². The number of hydrogen-bond acceptors (Lipinski definition) is 4. The summed E-state index contributed by atoms with van der Waals surface area (Å²) < 4.78 is 5.38. The fourth-order valence-corrected chi connectivity index (χ4v) is 3.11. The number of anilines is 3. The lowest BCUT2D eigenvalue weighted by Gasteiger charge is -2.18. The van der Waals surface area contributed by atoms with Crippen LogP contribution in [0.4, 0.5) is 17.1 Å². The van der Waals surface area contributed by atoms with Gasteiger partial charge in [-0.2, -0.15) is 0 Å². The van der Waals surface area contributed by atoms with Crippen molar-refractivity contribution in [2.24, 2.45) is 0 Å². The highest BCUT2D eigenvalue weighted by Crippen LogP contribution is 2.28. The number of halogens is 1. The molecule has 7 heteroatoms. The maximum atomic E-state index is 12.7. The van der Waals surface area contributed by atoms with Gasteiger partial charge in [0.15, 0.2) is 0 Å². The molecule has 1 aliphatic heterocycles. The van der Waals surface area contributed by atoms with E-state index >= 15 is 0 Å². The second kappa shape index (κ2) is 8.41. The minimum atomic E-state index is -0.420. The van der Waals surface area contributed by atoms with Gasteiger partial charge in [-0.25, -0.2) is 0 Å². The van der Waals surface area contributed by atoms with Crippen LogP contribution in [-0.2, 0) is 9.53 Å². The lowest BCUT2D eigenvalue weighted by atomic mass is 10.1. The topological polar surface area (TPSA) is 70.7 Å². The minimum absolute atomic E-state index is 0.185. The van der Waals surface area contributed by atoms with Gasteiger partial charge in [0.1, 0.15) is 6.10 Å². The van der Waals surface area contributed by atoms with Gasteiger partial charge in [-0.3, -0.25) is 9.59 Å². The summed E-state index contributed by atoms with van der Waals surface area (Å²) in [5.74, 6) is -0.469. The lowest BCUT2D eigenvalue weighted by molar-refractivity contribution is -0.124.